The lowest BCUT2D eigenvalue weighted by molar-refractivity contribution is -0.119. The predicted molar refractivity (Wildman–Crippen MR) is 75.6 cm³/mol. The summed E-state index contributed by atoms with van der Waals surface area (Å²) in [5.74, 6) is 0.570. The van der Waals surface area contributed by atoms with Crippen molar-refractivity contribution in [3.05, 3.63) is 42.9 Å². The monoisotopic (exact) mass is 254 g/mol. The SMILES string of the molecule is NC(=O)C1C[CH]CCN1c1nccc2ccccc12. The van der Waals surface area contributed by atoms with Gasteiger partial charge in [-0.2, -0.15) is 0 Å². The molecular formula is C15H16N3O. The highest BCUT2D eigenvalue weighted by atomic mass is 16.1. The molecule has 1 atom stereocenters. The minimum absolute atomic E-state index is 0.285. The van der Waals surface area contributed by atoms with Gasteiger partial charge in [-0.25, -0.2) is 4.98 Å². The molecule has 1 aromatic carbocycles. The zero-order valence-corrected chi connectivity index (χ0v) is 10.6. The summed E-state index contributed by atoms with van der Waals surface area (Å²) in [5, 5.41) is 2.20. The van der Waals surface area contributed by atoms with Crippen molar-refractivity contribution in [1.82, 2.24) is 4.98 Å². The second kappa shape index (κ2) is 4.88. The van der Waals surface area contributed by atoms with Crippen LogP contribution >= 0.6 is 0 Å². The third-order valence-corrected chi connectivity index (χ3v) is 3.59. The number of hydrogen-bond acceptors (Lipinski definition) is 3. The maximum Gasteiger partial charge on any atom is 0.240 e. The molecule has 0 bridgehead atoms. The van der Waals surface area contributed by atoms with Crippen LogP contribution in [-0.4, -0.2) is 23.5 Å². The number of pyridine rings is 1. The fraction of sp³-hybridized carbons (Fsp3) is 0.267. The summed E-state index contributed by atoms with van der Waals surface area (Å²) in [6.45, 7) is 0.786. The summed E-state index contributed by atoms with van der Waals surface area (Å²) in [6.07, 6.45) is 5.56. The van der Waals surface area contributed by atoms with E-state index in [0.29, 0.717) is 6.42 Å². The van der Waals surface area contributed by atoms with Crippen LogP contribution in [-0.2, 0) is 4.79 Å². The van der Waals surface area contributed by atoms with E-state index in [2.05, 4.69) is 17.5 Å². The minimum atomic E-state index is -0.286. The molecule has 19 heavy (non-hydrogen) atoms. The first-order valence-electron chi connectivity index (χ1n) is 6.49. The molecule has 1 saturated heterocycles. The summed E-state index contributed by atoms with van der Waals surface area (Å²) >= 11 is 0. The molecule has 2 N–H and O–H groups in total. The number of benzene rings is 1. The molecular weight excluding hydrogens is 238 g/mol. The minimum Gasteiger partial charge on any atom is -0.368 e. The first-order chi connectivity index (χ1) is 9.27. The predicted octanol–water partition coefficient (Wildman–Crippen LogP) is 1.89. The number of carbonyl (C=O) groups is 1. The van der Waals surface area contributed by atoms with Crippen molar-refractivity contribution in [3.63, 3.8) is 0 Å². The summed E-state index contributed by atoms with van der Waals surface area (Å²) in [6, 6.07) is 9.77. The van der Waals surface area contributed by atoms with E-state index in [-0.39, 0.29) is 11.9 Å². The molecule has 3 rings (SSSR count). The number of amides is 1. The van der Waals surface area contributed by atoms with Crippen molar-refractivity contribution in [2.45, 2.75) is 18.9 Å². The lowest BCUT2D eigenvalue weighted by Crippen LogP contribution is -2.48. The Hall–Kier alpha value is -2.10. The fourth-order valence-corrected chi connectivity index (χ4v) is 2.64. The molecule has 0 saturated carbocycles. The third kappa shape index (κ3) is 2.14. The Balaban J connectivity index is 2.09. The van der Waals surface area contributed by atoms with Crippen molar-refractivity contribution in [2.75, 3.05) is 11.4 Å². The van der Waals surface area contributed by atoms with Gasteiger partial charge in [-0.3, -0.25) is 4.79 Å². The molecule has 1 aromatic heterocycles. The maximum atomic E-state index is 11.6. The van der Waals surface area contributed by atoms with Gasteiger partial charge in [-0.1, -0.05) is 24.3 Å². The number of piperidine rings is 1. The van der Waals surface area contributed by atoms with Gasteiger partial charge in [-0.15, -0.1) is 0 Å². The van der Waals surface area contributed by atoms with Crippen LogP contribution in [0.1, 0.15) is 12.8 Å². The Labute approximate surface area is 112 Å². The molecule has 0 spiro atoms. The van der Waals surface area contributed by atoms with E-state index in [1.165, 1.54) is 0 Å². The molecule has 1 aliphatic rings. The zero-order valence-electron chi connectivity index (χ0n) is 10.6. The van der Waals surface area contributed by atoms with Crippen molar-refractivity contribution < 1.29 is 4.79 Å². The van der Waals surface area contributed by atoms with Crippen LogP contribution in [0.5, 0.6) is 0 Å². The number of anilines is 1. The number of carbonyl (C=O) groups excluding carboxylic acids is 1. The molecule has 1 unspecified atom stereocenters. The standard InChI is InChI=1S/C15H16N3O/c16-14(19)13-7-3-4-10-18(13)15-12-6-2-1-5-11(12)8-9-17-15/h1-3,5-6,8-9,13H,4,7,10H2,(H2,16,19). The van der Waals surface area contributed by atoms with E-state index in [1.54, 1.807) is 6.20 Å². The Morgan fingerprint density at radius 1 is 1.32 bits per heavy atom. The number of rotatable bonds is 2. The van der Waals surface area contributed by atoms with Gasteiger partial charge in [0.15, 0.2) is 0 Å². The molecule has 4 heteroatoms. The second-order valence-electron chi connectivity index (χ2n) is 4.78. The molecule has 1 fully saturated rings. The van der Waals surface area contributed by atoms with Gasteiger partial charge in [0.1, 0.15) is 11.9 Å². The highest BCUT2D eigenvalue weighted by Crippen LogP contribution is 2.29. The summed E-state index contributed by atoms with van der Waals surface area (Å²) < 4.78 is 0. The van der Waals surface area contributed by atoms with Gasteiger partial charge in [0.05, 0.1) is 0 Å². The van der Waals surface area contributed by atoms with Crippen molar-refractivity contribution in [3.8, 4) is 0 Å². The number of hydrogen-bond donors (Lipinski definition) is 1. The van der Waals surface area contributed by atoms with E-state index in [0.717, 1.165) is 29.6 Å². The van der Waals surface area contributed by atoms with Crippen LogP contribution in [0.3, 0.4) is 0 Å². The number of fused-ring (bicyclic) bond motifs is 1. The topological polar surface area (TPSA) is 59.2 Å². The van der Waals surface area contributed by atoms with Gasteiger partial charge in [-0.05, 0) is 30.7 Å². The van der Waals surface area contributed by atoms with Gasteiger partial charge >= 0.3 is 0 Å². The average molecular weight is 254 g/mol. The molecule has 4 nitrogen and oxygen atoms in total. The average Bonchev–Trinajstić information content (AvgIpc) is 2.46. The van der Waals surface area contributed by atoms with E-state index >= 15 is 0 Å². The Morgan fingerprint density at radius 2 is 2.16 bits per heavy atom. The van der Waals surface area contributed by atoms with E-state index < -0.39 is 0 Å². The third-order valence-electron chi connectivity index (χ3n) is 3.59. The van der Waals surface area contributed by atoms with Crippen molar-refractivity contribution >= 4 is 22.5 Å². The Morgan fingerprint density at radius 3 is 3.00 bits per heavy atom. The number of aromatic nitrogens is 1. The number of nitrogens with zero attached hydrogens (tertiary/aromatic N) is 2. The highest BCUT2D eigenvalue weighted by molar-refractivity contribution is 5.94. The molecule has 1 amide bonds. The van der Waals surface area contributed by atoms with E-state index in [4.69, 9.17) is 5.73 Å². The number of primary amides is 1. The quantitative estimate of drug-likeness (QED) is 0.890. The molecule has 1 aliphatic heterocycles. The van der Waals surface area contributed by atoms with Gasteiger partial charge in [0.2, 0.25) is 5.91 Å². The molecule has 2 heterocycles. The highest BCUT2D eigenvalue weighted by Gasteiger charge is 2.28. The van der Waals surface area contributed by atoms with E-state index in [9.17, 15) is 4.79 Å². The van der Waals surface area contributed by atoms with Gasteiger partial charge in [0.25, 0.3) is 0 Å². The second-order valence-corrected chi connectivity index (χ2v) is 4.78. The van der Waals surface area contributed by atoms with Crippen molar-refractivity contribution in [2.24, 2.45) is 5.73 Å². The molecule has 0 aliphatic carbocycles. The largest absolute Gasteiger partial charge is 0.368 e. The van der Waals surface area contributed by atoms with Crippen LogP contribution in [0.25, 0.3) is 10.8 Å². The summed E-state index contributed by atoms with van der Waals surface area (Å²) in [5.41, 5.74) is 5.51. The van der Waals surface area contributed by atoms with Crippen LogP contribution in [0.15, 0.2) is 36.5 Å². The lowest BCUT2D eigenvalue weighted by atomic mass is 10.0. The number of nitrogens with two attached hydrogens (primary N) is 1. The van der Waals surface area contributed by atoms with Crippen LogP contribution in [0.2, 0.25) is 0 Å². The lowest BCUT2D eigenvalue weighted by Gasteiger charge is -2.35. The maximum absolute atomic E-state index is 11.6. The molecule has 1 radical (unpaired) electrons. The van der Waals surface area contributed by atoms with Gasteiger partial charge in [0, 0.05) is 18.1 Å². The fourth-order valence-electron chi connectivity index (χ4n) is 2.64. The van der Waals surface area contributed by atoms with Crippen LogP contribution in [0, 0.1) is 6.42 Å². The van der Waals surface area contributed by atoms with Gasteiger partial charge < -0.3 is 10.6 Å². The zero-order chi connectivity index (χ0) is 13.2. The summed E-state index contributed by atoms with van der Waals surface area (Å²) in [4.78, 5) is 18.1. The Bertz CT molecular complexity index is 606. The molecule has 2 aromatic rings. The smallest absolute Gasteiger partial charge is 0.240 e. The first-order valence-corrected chi connectivity index (χ1v) is 6.49. The first kappa shape index (κ1) is 12.0. The van der Waals surface area contributed by atoms with Crippen LogP contribution < -0.4 is 10.6 Å². The normalized spacial score (nSPS) is 19.6. The van der Waals surface area contributed by atoms with E-state index in [1.807, 2.05) is 29.2 Å². The molecule has 97 valence electrons. The van der Waals surface area contributed by atoms with Crippen LogP contribution in [0.4, 0.5) is 5.82 Å². The Kier molecular flexibility index (Phi) is 3.07. The summed E-state index contributed by atoms with van der Waals surface area (Å²) in [7, 11) is 0. The van der Waals surface area contributed by atoms with Crippen molar-refractivity contribution in [1.29, 1.82) is 0 Å².